The molecule has 2 rings (SSSR count). The van der Waals surface area contributed by atoms with Gasteiger partial charge >= 0.3 is 12.3 Å². The lowest BCUT2D eigenvalue weighted by Gasteiger charge is -2.09. The number of rotatable bonds is 2. The van der Waals surface area contributed by atoms with E-state index in [4.69, 9.17) is 0 Å². The van der Waals surface area contributed by atoms with Crippen molar-refractivity contribution in [3.05, 3.63) is 42.5 Å². The Kier molecular flexibility index (Phi) is 3.59. The second-order valence-electron chi connectivity index (χ2n) is 3.88. The number of anilines is 1. The van der Waals surface area contributed by atoms with E-state index < -0.39 is 18.9 Å². The molecule has 0 fully saturated rings. The molecule has 0 saturated carbocycles. The topological polar surface area (TPSA) is 38.3 Å². The van der Waals surface area contributed by atoms with Crippen LogP contribution in [-0.2, 0) is 4.74 Å². The van der Waals surface area contributed by atoms with Gasteiger partial charge in [0.2, 0.25) is 0 Å². The number of fused-ring (bicyclic) bond motifs is 1. The average molecular weight is 269 g/mol. The number of carbonyl (C=O) groups is 1. The van der Waals surface area contributed by atoms with E-state index in [9.17, 15) is 18.0 Å². The largest absolute Gasteiger partial charge is 0.440 e. The molecule has 3 nitrogen and oxygen atoms in total. The Balaban J connectivity index is 2.03. The van der Waals surface area contributed by atoms with E-state index in [1.807, 2.05) is 24.3 Å². The summed E-state index contributed by atoms with van der Waals surface area (Å²) in [6, 6.07) is 12.4. The summed E-state index contributed by atoms with van der Waals surface area (Å²) in [5.74, 6) is 0. The molecule has 0 spiro atoms. The SMILES string of the molecule is O=C(Nc1ccc2ccccc2c1)OCC(F)(F)F. The van der Waals surface area contributed by atoms with Gasteiger partial charge in [0.1, 0.15) is 0 Å². The van der Waals surface area contributed by atoms with Crippen LogP contribution < -0.4 is 5.32 Å². The fourth-order valence-electron chi connectivity index (χ4n) is 1.57. The average Bonchev–Trinajstić information content (AvgIpc) is 2.35. The van der Waals surface area contributed by atoms with E-state index in [-0.39, 0.29) is 0 Å². The van der Waals surface area contributed by atoms with Crippen molar-refractivity contribution >= 4 is 22.6 Å². The van der Waals surface area contributed by atoms with Crippen LogP contribution in [0.3, 0.4) is 0 Å². The van der Waals surface area contributed by atoms with Crippen LogP contribution in [0.5, 0.6) is 0 Å². The first-order chi connectivity index (χ1) is 8.94. The Hall–Kier alpha value is -2.24. The molecule has 0 bridgehead atoms. The Morgan fingerprint density at radius 3 is 2.47 bits per heavy atom. The first-order valence-electron chi connectivity index (χ1n) is 5.43. The molecule has 19 heavy (non-hydrogen) atoms. The fourth-order valence-corrected chi connectivity index (χ4v) is 1.57. The summed E-state index contributed by atoms with van der Waals surface area (Å²) in [6.45, 7) is -1.60. The number of nitrogens with one attached hydrogen (secondary N) is 1. The quantitative estimate of drug-likeness (QED) is 0.896. The van der Waals surface area contributed by atoms with Crippen LogP contribution >= 0.6 is 0 Å². The van der Waals surface area contributed by atoms with Crippen LogP contribution in [-0.4, -0.2) is 18.9 Å². The molecule has 0 heterocycles. The van der Waals surface area contributed by atoms with Crippen molar-refractivity contribution in [2.45, 2.75) is 6.18 Å². The van der Waals surface area contributed by atoms with Gasteiger partial charge in [0.05, 0.1) is 0 Å². The predicted molar refractivity (Wildman–Crippen MR) is 65.0 cm³/mol. The molecule has 0 aliphatic carbocycles. The van der Waals surface area contributed by atoms with Crippen LogP contribution in [0.15, 0.2) is 42.5 Å². The van der Waals surface area contributed by atoms with E-state index in [2.05, 4.69) is 10.1 Å². The van der Waals surface area contributed by atoms with Gasteiger partial charge in [-0.2, -0.15) is 13.2 Å². The first kappa shape index (κ1) is 13.2. The molecule has 0 aromatic heterocycles. The maximum absolute atomic E-state index is 11.9. The lowest BCUT2D eigenvalue weighted by Crippen LogP contribution is -2.23. The molecule has 100 valence electrons. The zero-order chi connectivity index (χ0) is 13.9. The highest BCUT2D eigenvalue weighted by atomic mass is 19.4. The maximum atomic E-state index is 11.9. The van der Waals surface area contributed by atoms with Gasteiger partial charge in [0.25, 0.3) is 0 Å². The zero-order valence-corrected chi connectivity index (χ0v) is 9.70. The van der Waals surface area contributed by atoms with Crippen molar-refractivity contribution < 1.29 is 22.7 Å². The molecule has 0 unspecified atom stereocenters. The number of amides is 1. The number of carbonyl (C=O) groups excluding carboxylic acids is 1. The van der Waals surface area contributed by atoms with Gasteiger partial charge in [0.15, 0.2) is 6.61 Å². The van der Waals surface area contributed by atoms with Gasteiger partial charge in [-0.3, -0.25) is 5.32 Å². The summed E-state index contributed by atoms with van der Waals surface area (Å²) in [4.78, 5) is 11.2. The molecule has 2 aromatic rings. The highest BCUT2D eigenvalue weighted by Gasteiger charge is 2.29. The van der Waals surface area contributed by atoms with E-state index in [1.165, 1.54) is 0 Å². The van der Waals surface area contributed by atoms with Crippen LogP contribution in [0.25, 0.3) is 10.8 Å². The summed E-state index contributed by atoms with van der Waals surface area (Å²) in [6.07, 6.45) is -5.66. The minimum atomic E-state index is -4.53. The van der Waals surface area contributed by atoms with Crippen molar-refractivity contribution in [1.29, 1.82) is 0 Å². The summed E-state index contributed by atoms with van der Waals surface area (Å²) in [5.41, 5.74) is 0.380. The molecule has 0 atom stereocenters. The standard InChI is InChI=1S/C13H10F3NO2/c14-13(15,16)8-19-12(18)17-11-6-5-9-3-1-2-4-10(9)7-11/h1-7H,8H2,(H,17,18). The normalized spacial score (nSPS) is 11.3. The fraction of sp³-hybridized carbons (Fsp3) is 0.154. The molecular weight excluding hydrogens is 259 g/mol. The molecule has 1 amide bonds. The molecule has 0 radical (unpaired) electrons. The van der Waals surface area contributed by atoms with Crippen LogP contribution in [0.4, 0.5) is 23.7 Å². The predicted octanol–water partition coefficient (Wildman–Crippen LogP) is 3.95. The van der Waals surface area contributed by atoms with Gasteiger partial charge in [-0.15, -0.1) is 0 Å². The summed E-state index contributed by atoms with van der Waals surface area (Å²) in [5, 5.41) is 4.09. The summed E-state index contributed by atoms with van der Waals surface area (Å²) >= 11 is 0. The molecule has 1 N–H and O–H groups in total. The minimum absolute atomic E-state index is 0.380. The van der Waals surface area contributed by atoms with Gasteiger partial charge in [0, 0.05) is 5.69 Å². The third-order valence-corrected chi connectivity index (χ3v) is 2.36. The van der Waals surface area contributed by atoms with Crippen molar-refractivity contribution in [2.75, 3.05) is 11.9 Å². The second kappa shape index (κ2) is 5.17. The third-order valence-electron chi connectivity index (χ3n) is 2.36. The van der Waals surface area contributed by atoms with Gasteiger partial charge in [-0.1, -0.05) is 30.3 Å². The smallest absolute Gasteiger partial charge is 0.422 e. The van der Waals surface area contributed by atoms with Gasteiger partial charge in [-0.05, 0) is 22.9 Å². The Labute approximate surface area is 107 Å². The number of halogens is 3. The van der Waals surface area contributed by atoms with Crippen molar-refractivity contribution in [3.63, 3.8) is 0 Å². The summed E-state index contributed by atoms with van der Waals surface area (Å²) in [7, 11) is 0. The van der Waals surface area contributed by atoms with E-state index >= 15 is 0 Å². The molecule has 0 aliphatic rings. The Morgan fingerprint density at radius 1 is 1.11 bits per heavy atom. The van der Waals surface area contributed by atoms with Crippen molar-refractivity contribution in [3.8, 4) is 0 Å². The third kappa shape index (κ3) is 3.87. The Morgan fingerprint density at radius 2 is 1.79 bits per heavy atom. The van der Waals surface area contributed by atoms with Gasteiger partial charge < -0.3 is 4.74 Å². The van der Waals surface area contributed by atoms with Crippen LogP contribution in [0.2, 0.25) is 0 Å². The van der Waals surface area contributed by atoms with Crippen LogP contribution in [0, 0.1) is 0 Å². The van der Waals surface area contributed by atoms with E-state index in [0.29, 0.717) is 5.69 Å². The molecule has 0 aliphatic heterocycles. The van der Waals surface area contributed by atoms with E-state index in [0.717, 1.165) is 10.8 Å². The lowest BCUT2D eigenvalue weighted by molar-refractivity contribution is -0.159. The zero-order valence-electron chi connectivity index (χ0n) is 9.70. The van der Waals surface area contributed by atoms with Crippen molar-refractivity contribution in [2.24, 2.45) is 0 Å². The number of hydrogen-bond donors (Lipinski definition) is 1. The van der Waals surface area contributed by atoms with Gasteiger partial charge in [-0.25, -0.2) is 4.79 Å². The minimum Gasteiger partial charge on any atom is -0.440 e. The molecular formula is C13H10F3NO2. The molecule has 2 aromatic carbocycles. The highest BCUT2D eigenvalue weighted by molar-refractivity contribution is 5.91. The van der Waals surface area contributed by atoms with Crippen molar-refractivity contribution in [1.82, 2.24) is 0 Å². The Bertz CT molecular complexity index is 596. The maximum Gasteiger partial charge on any atom is 0.422 e. The number of hydrogen-bond acceptors (Lipinski definition) is 2. The molecule has 0 saturated heterocycles. The highest BCUT2D eigenvalue weighted by Crippen LogP contribution is 2.19. The number of benzene rings is 2. The monoisotopic (exact) mass is 269 g/mol. The van der Waals surface area contributed by atoms with Crippen LogP contribution in [0.1, 0.15) is 0 Å². The number of alkyl halides is 3. The van der Waals surface area contributed by atoms with E-state index in [1.54, 1.807) is 18.2 Å². The number of ether oxygens (including phenoxy) is 1. The first-order valence-corrected chi connectivity index (χ1v) is 5.43. The molecule has 6 heteroatoms. The summed E-state index contributed by atoms with van der Waals surface area (Å²) < 4.78 is 39.6. The lowest BCUT2D eigenvalue weighted by atomic mass is 10.1. The second-order valence-corrected chi connectivity index (χ2v) is 3.88.